The quantitative estimate of drug-likeness (QED) is 0.371. The molecule has 0 spiro atoms. The fourth-order valence-electron chi connectivity index (χ4n) is 3.14. The Morgan fingerprint density at radius 2 is 1.96 bits per heavy atom. The van der Waals surface area contributed by atoms with Crippen LogP contribution < -0.4 is 11.1 Å². The molecular formula is C20H24F2IN3O. The van der Waals surface area contributed by atoms with Gasteiger partial charge in [0.2, 0.25) is 0 Å². The molecule has 4 nitrogen and oxygen atoms in total. The molecule has 2 unspecified atom stereocenters. The van der Waals surface area contributed by atoms with Crippen LogP contribution in [-0.2, 0) is 4.74 Å². The first-order valence-electron chi connectivity index (χ1n) is 8.73. The van der Waals surface area contributed by atoms with Crippen LogP contribution in [0.4, 0.5) is 14.5 Å². The molecule has 27 heavy (non-hydrogen) atoms. The molecule has 2 aromatic rings. The highest BCUT2D eigenvalue weighted by Gasteiger charge is 2.27. The molecule has 0 aromatic heterocycles. The minimum Gasteiger partial charge on any atom is -0.373 e. The van der Waals surface area contributed by atoms with Crippen LogP contribution in [0.1, 0.15) is 30.1 Å². The average Bonchev–Trinajstić information content (AvgIpc) is 2.64. The van der Waals surface area contributed by atoms with Crippen LogP contribution in [0.2, 0.25) is 0 Å². The second kappa shape index (κ2) is 9.98. The summed E-state index contributed by atoms with van der Waals surface area (Å²) < 4.78 is 32.9. The molecule has 0 amide bonds. The van der Waals surface area contributed by atoms with E-state index in [2.05, 4.69) is 34.6 Å². The van der Waals surface area contributed by atoms with E-state index in [9.17, 15) is 8.78 Å². The third-order valence-corrected chi connectivity index (χ3v) is 4.54. The van der Waals surface area contributed by atoms with E-state index in [1.165, 1.54) is 5.56 Å². The Balaban J connectivity index is 0.00000261. The van der Waals surface area contributed by atoms with Crippen molar-refractivity contribution in [1.82, 2.24) is 0 Å². The molecule has 1 aliphatic heterocycles. The van der Waals surface area contributed by atoms with Gasteiger partial charge in [0.25, 0.3) is 0 Å². The zero-order valence-corrected chi connectivity index (χ0v) is 17.5. The Labute approximate surface area is 175 Å². The molecule has 0 radical (unpaired) electrons. The van der Waals surface area contributed by atoms with Crippen molar-refractivity contribution in [3.63, 3.8) is 0 Å². The van der Waals surface area contributed by atoms with Gasteiger partial charge in [0, 0.05) is 25.1 Å². The summed E-state index contributed by atoms with van der Waals surface area (Å²) in [5.74, 6) is -0.878. The number of aryl methyl sites for hydroxylation is 1. The molecule has 7 heteroatoms. The zero-order valence-electron chi connectivity index (χ0n) is 15.1. The van der Waals surface area contributed by atoms with E-state index in [0.717, 1.165) is 43.2 Å². The minimum atomic E-state index is -0.580. The summed E-state index contributed by atoms with van der Waals surface area (Å²) in [4.78, 5) is 4.32. The summed E-state index contributed by atoms with van der Waals surface area (Å²) in [6, 6.07) is 11.4. The molecule has 0 bridgehead atoms. The maximum atomic E-state index is 13.7. The molecule has 0 saturated carbocycles. The fourth-order valence-corrected chi connectivity index (χ4v) is 3.14. The highest BCUT2D eigenvalue weighted by atomic mass is 127. The van der Waals surface area contributed by atoms with Crippen molar-refractivity contribution < 1.29 is 13.5 Å². The number of anilines is 1. The molecule has 1 aliphatic rings. The average molecular weight is 487 g/mol. The van der Waals surface area contributed by atoms with Crippen LogP contribution in [0, 0.1) is 24.5 Å². The Morgan fingerprint density at radius 3 is 2.70 bits per heavy atom. The standard InChI is InChI=1S/C20H23F2N3O.HI/c1-13-4-6-14(7-5-13)19-15(3-2-10-26-19)12-24-20(23)25-18-11-16(21)8-9-17(18)22;/h4-9,11,15,19H,2-3,10,12H2,1H3,(H3,23,24,25);1H. The highest BCUT2D eigenvalue weighted by molar-refractivity contribution is 14.0. The van der Waals surface area contributed by atoms with Gasteiger partial charge in [-0.15, -0.1) is 24.0 Å². The Bertz CT molecular complexity index is 783. The first-order valence-corrected chi connectivity index (χ1v) is 8.73. The van der Waals surface area contributed by atoms with Crippen LogP contribution in [0.25, 0.3) is 0 Å². The third-order valence-electron chi connectivity index (χ3n) is 4.54. The lowest BCUT2D eigenvalue weighted by molar-refractivity contribution is -0.0250. The Hall–Kier alpha value is -1.74. The van der Waals surface area contributed by atoms with Gasteiger partial charge in [-0.25, -0.2) is 8.78 Å². The highest BCUT2D eigenvalue weighted by Crippen LogP contribution is 2.34. The van der Waals surface area contributed by atoms with Gasteiger partial charge in [0.05, 0.1) is 11.8 Å². The molecule has 3 rings (SSSR count). The monoisotopic (exact) mass is 487 g/mol. The summed E-state index contributed by atoms with van der Waals surface area (Å²) in [5, 5.41) is 2.62. The first kappa shape index (κ1) is 21.6. The van der Waals surface area contributed by atoms with E-state index in [0.29, 0.717) is 6.54 Å². The summed E-state index contributed by atoms with van der Waals surface area (Å²) in [6.07, 6.45) is 1.91. The van der Waals surface area contributed by atoms with Crippen molar-refractivity contribution in [1.29, 1.82) is 0 Å². The minimum absolute atomic E-state index is 0. The number of benzene rings is 2. The summed E-state index contributed by atoms with van der Waals surface area (Å²) in [6.45, 7) is 3.22. The number of nitrogens with one attached hydrogen (secondary N) is 1. The van der Waals surface area contributed by atoms with Crippen molar-refractivity contribution >= 4 is 35.6 Å². The number of hydrogen-bond donors (Lipinski definition) is 2. The number of nitrogens with two attached hydrogens (primary N) is 1. The predicted octanol–water partition coefficient (Wildman–Crippen LogP) is 4.79. The Kier molecular flexibility index (Phi) is 7.97. The summed E-state index contributed by atoms with van der Waals surface area (Å²) in [5.41, 5.74) is 8.15. The number of ether oxygens (including phenoxy) is 1. The van der Waals surface area contributed by atoms with Crippen LogP contribution in [0.5, 0.6) is 0 Å². The van der Waals surface area contributed by atoms with E-state index in [4.69, 9.17) is 10.5 Å². The molecule has 3 N–H and O–H groups in total. The van der Waals surface area contributed by atoms with Gasteiger partial charge in [-0.2, -0.15) is 0 Å². The number of halogens is 3. The van der Waals surface area contributed by atoms with Gasteiger partial charge in [-0.05, 0) is 37.5 Å². The molecule has 1 fully saturated rings. The van der Waals surface area contributed by atoms with Crippen molar-refractivity contribution in [2.75, 3.05) is 18.5 Å². The van der Waals surface area contributed by atoms with Gasteiger partial charge < -0.3 is 15.8 Å². The van der Waals surface area contributed by atoms with Crippen molar-refractivity contribution in [3.05, 3.63) is 65.2 Å². The molecule has 1 heterocycles. The molecular weight excluding hydrogens is 463 g/mol. The van der Waals surface area contributed by atoms with E-state index in [-0.39, 0.29) is 47.6 Å². The van der Waals surface area contributed by atoms with Crippen molar-refractivity contribution in [2.45, 2.75) is 25.9 Å². The molecule has 146 valence electrons. The van der Waals surface area contributed by atoms with Crippen LogP contribution in [-0.4, -0.2) is 19.1 Å². The second-order valence-corrected chi connectivity index (χ2v) is 6.58. The SMILES string of the molecule is Cc1ccc(C2OCCCC2CN=C(N)Nc2cc(F)ccc2F)cc1.I. The zero-order chi connectivity index (χ0) is 18.5. The van der Waals surface area contributed by atoms with Crippen LogP contribution in [0.15, 0.2) is 47.5 Å². The summed E-state index contributed by atoms with van der Waals surface area (Å²) >= 11 is 0. The van der Waals surface area contributed by atoms with Gasteiger partial charge in [0.15, 0.2) is 5.96 Å². The first-order chi connectivity index (χ1) is 12.5. The number of aliphatic imine (C=N–C) groups is 1. The topological polar surface area (TPSA) is 59.6 Å². The van der Waals surface area contributed by atoms with Gasteiger partial charge in [-0.3, -0.25) is 4.99 Å². The number of hydrogen-bond acceptors (Lipinski definition) is 2. The Morgan fingerprint density at radius 1 is 1.22 bits per heavy atom. The van der Waals surface area contributed by atoms with E-state index < -0.39 is 11.6 Å². The molecule has 2 aromatic carbocycles. The number of nitrogens with zero attached hydrogens (tertiary/aromatic N) is 1. The smallest absolute Gasteiger partial charge is 0.193 e. The van der Waals surface area contributed by atoms with Gasteiger partial charge in [-0.1, -0.05) is 29.8 Å². The van der Waals surface area contributed by atoms with Crippen LogP contribution >= 0.6 is 24.0 Å². The van der Waals surface area contributed by atoms with Gasteiger partial charge in [0.1, 0.15) is 11.6 Å². The van der Waals surface area contributed by atoms with Gasteiger partial charge >= 0.3 is 0 Å². The molecule has 2 atom stereocenters. The lowest BCUT2D eigenvalue weighted by Crippen LogP contribution is -2.28. The van der Waals surface area contributed by atoms with E-state index in [1.807, 2.05) is 6.92 Å². The number of rotatable bonds is 4. The predicted molar refractivity (Wildman–Crippen MR) is 114 cm³/mol. The van der Waals surface area contributed by atoms with E-state index >= 15 is 0 Å². The fraction of sp³-hybridized carbons (Fsp3) is 0.350. The second-order valence-electron chi connectivity index (χ2n) is 6.58. The lowest BCUT2D eigenvalue weighted by atomic mass is 9.89. The number of guanidine groups is 1. The van der Waals surface area contributed by atoms with E-state index in [1.54, 1.807) is 0 Å². The normalized spacial score (nSPS) is 20.0. The third kappa shape index (κ3) is 5.87. The molecule has 1 saturated heterocycles. The van der Waals surface area contributed by atoms with Crippen molar-refractivity contribution in [2.24, 2.45) is 16.6 Å². The lowest BCUT2D eigenvalue weighted by Gasteiger charge is -2.31. The molecule has 0 aliphatic carbocycles. The summed E-state index contributed by atoms with van der Waals surface area (Å²) in [7, 11) is 0. The maximum absolute atomic E-state index is 13.7. The van der Waals surface area contributed by atoms with Crippen molar-refractivity contribution in [3.8, 4) is 0 Å². The van der Waals surface area contributed by atoms with Crippen LogP contribution in [0.3, 0.4) is 0 Å². The largest absolute Gasteiger partial charge is 0.373 e. The maximum Gasteiger partial charge on any atom is 0.193 e.